The Hall–Kier alpha value is -3.77. The standard InChI is InChI=1S/C32H36N2O4/c1-36-31-20-24(11-12-27(31)23-33-17-5-6-18-33)22-34-29-9-4-3-8-26(29)21-30(34)25-13-15-28(16-14-25)38-19-7-10-32(35)37-2/h3-4,8-9,11-16,20-21H,5-7,10,17-19,22-23H2,1-2H3. The molecule has 0 radical (unpaired) electrons. The van der Waals surface area contributed by atoms with Crippen molar-refractivity contribution in [3.05, 3.63) is 83.9 Å². The van der Waals surface area contributed by atoms with Gasteiger partial charge in [0, 0.05) is 41.7 Å². The molecular weight excluding hydrogens is 476 g/mol. The number of benzene rings is 3. The summed E-state index contributed by atoms with van der Waals surface area (Å²) in [6.45, 7) is 4.50. The van der Waals surface area contributed by atoms with Gasteiger partial charge in [0.1, 0.15) is 11.5 Å². The number of hydrogen-bond donors (Lipinski definition) is 0. The lowest BCUT2D eigenvalue weighted by Gasteiger charge is -2.18. The van der Waals surface area contributed by atoms with Crippen LogP contribution >= 0.6 is 0 Å². The number of carbonyl (C=O) groups is 1. The number of nitrogens with zero attached hydrogens (tertiary/aromatic N) is 2. The molecule has 1 aliphatic rings. The maximum Gasteiger partial charge on any atom is 0.305 e. The van der Waals surface area contributed by atoms with Gasteiger partial charge in [-0.25, -0.2) is 0 Å². The van der Waals surface area contributed by atoms with Crippen molar-refractivity contribution in [1.29, 1.82) is 0 Å². The first-order chi connectivity index (χ1) is 18.6. The van der Waals surface area contributed by atoms with Crippen LogP contribution in [-0.4, -0.2) is 49.4 Å². The molecule has 6 heteroatoms. The lowest BCUT2D eigenvalue weighted by molar-refractivity contribution is -0.140. The normalized spacial score (nSPS) is 13.6. The number of ether oxygens (including phenoxy) is 3. The van der Waals surface area contributed by atoms with Crippen LogP contribution in [0.3, 0.4) is 0 Å². The fourth-order valence-electron chi connectivity index (χ4n) is 5.23. The summed E-state index contributed by atoms with van der Waals surface area (Å²) < 4.78 is 18.7. The summed E-state index contributed by atoms with van der Waals surface area (Å²) >= 11 is 0. The summed E-state index contributed by atoms with van der Waals surface area (Å²) in [6, 6.07) is 25.6. The van der Waals surface area contributed by atoms with E-state index in [9.17, 15) is 4.79 Å². The Labute approximate surface area is 224 Å². The third kappa shape index (κ3) is 6.03. The van der Waals surface area contributed by atoms with Crippen LogP contribution in [0.2, 0.25) is 0 Å². The number of likely N-dealkylation sites (tertiary alicyclic amines) is 1. The molecule has 0 saturated carbocycles. The molecular formula is C32H36N2O4. The Morgan fingerprint density at radius 3 is 2.45 bits per heavy atom. The molecule has 0 atom stereocenters. The fourth-order valence-corrected chi connectivity index (χ4v) is 5.23. The summed E-state index contributed by atoms with van der Waals surface area (Å²) in [7, 11) is 3.17. The second kappa shape index (κ2) is 12.2. The lowest BCUT2D eigenvalue weighted by atomic mass is 10.1. The van der Waals surface area contributed by atoms with Crippen LogP contribution in [0.4, 0.5) is 0 Å². The first-order valence-corrected chi connectivity index (χ1v) is 13.4. The Bertz CT molecular complexity index is 1370. The molecule has 4 aromatic rings. The second-order valence-corrected chi connectivity index (χ2v) is 9.86. The molecule has 0 aliphatic carbocycles. The number of methoxy groups -OCH3 is 2. The topological polar surface area (TPSA) is 52.9 Å². The van der Waals surface area contributed by atoms with Gasteiger partial charge in [0.05, 0.1) is 20.8 Å². The van der Waals surface area contributed by atoms with Gasteiger partial charge in [0.15, 0.2) is 0 Å². The maximum atomic E-state index is 11.3. The van der Waals surface area contributed by atoms with Gasteiger partial charge in [-0.1, -0.05) is 30.3 Å². The predicted octanol–water partition coefficient (Wildman–Crippen LogP) is 6.29. The van der Waals surface area contributed by atoms with Crippen molar-refractivity contribution < 1.29 is 19.0 Å². The number of para-hydroxylation sites is 1. The molecule has 0 N–H and O–H groups in total. The minimum absolute atomic E-state index is 0.212. The smallest absolute Gasteiger partial charge is 0.305 e. The SMILES string of the molecule is COC(=O)CCCOc1ccc(-c2cc3ccccc3n2Cc2ccc(CN3CCCC3)c(OC)c2)cc1. The van der Waals surface area contributed by atoms with Crippen LogP contribution in [0.25, 0.3) is 22.2 Å². The van der Waals surface area contributed by atoms with Gasteiger partial charge in [0.25, 0.3) is 0 Å². The molecule has 1 fully saturated rings. The largest absolute Gasteiger partial charge is 0.496 e. The molecule has 38 heavy (non-hydrogen) atoms. The third-order valence-corrected chi connectivity index (χ3v) is 7.27. The summed E-state index contributed by atoms with van der Waals surface area (Å²) in [5.41, 5.74) is 5.94. The number of hydrogen-bond acceptors (Lipinski definition) is 5. The molecule has 1 aromatic heterocycles. The molecule has 0 bridgehead atoms. The Balaban J connectivity index is 1.36. The van der Waals surface area contributed by atoms with E-state index in [0.717, 1.165) is 35.8 Å². The van der Waals surface area contributed by atoms with E-state index in [1.807, 2.05) is 12.1 Å². The first-order valence-electron chi connectivity index (χ1n) is 13.4. The van der Waals surface area contributed by atoms with Gasteiger partial charge in [-0.2, -0.15) is 0 Å². The van der Waals surface area contributed by atoms with Crippen molar-refractivity contribution >= 4 is 16.9 Å². The molecule has 198 valence electrons. The van der Waals surface area contributed by atoms with E-state index >= 15 is 0 Å². The Morgan fingerprint density at radius 1 is 0.895 bits per heavy atom. The minimum atomic E-state index is -0.212. The molecule has 0 unspecified atom stereocenters. The quantitative estimate of drug-likeness (QED) is 0.175. The summed E-state index contributed by atoms with van der Waals surface area (Å²) in [5, 5.41) is 1.21. The Morgan fingerprint density at radius 2 is 1.68 bits per heavy atom. The van der Waals surface area contributed by atoms with Crippen molar-refractivity contribution in [2.75, 3.05) is 33.9 Å². The average molecular weight is 513 g/mol. The van der Waals surface area contributed by atoms with Gasteiger partial charge < -0.3 is 18.8 Å². The number of fused-ring (bicyclic) bond motifs is 1. The van der Waals surface area contributed by atoms with Gasteiger partial charge in [0.2, 0.25) is 0 Å². The summed E-state index contributed by atoms with van der Waals surface area (Å²) in [4.78, 5) is 13.8. The fraction of sp³-hybridized carbons (Fsp3) is 0.344. The predicted molar refractivity (Wildman–Crippen MR) is 151 cm³/mol. The van der Waals surface area contributed by atoms with Crippen LogP contribution in [0.15, 0.2) is 72.8 Å². The van der Waals surface area contributed by atoms with Crippen LogP contribution in [-0.2, 0) is 22.6 Å². The van der Waals surface area contributed by atoms with Gasteiger partial charge >= 0.3 is 5.97 Å². The van der Waals surface area contributed by atoms with Crippen molar-refractivity contribution in [2.24, 2.45) is 0 Å². The molecule has 1 saturated heterocycles. The number of aromatic nitrogens is 1. The third-order valence-electron chi connectivity index (χ3n) is 7.27. The minimum Gasteiger partial charge on any atom is -0.496 e. The zero-order valence-electron chi connectivity index (χ0n) is 22.3. The van der Waals surface area contributed by atoms with Crippen molar-refractivity contribution in [3.8, 4) is 22.8 Å². The zero-order valence-corrected chi connectivity index (χ0v) is 22.3. The molecule has 2 heterocycles. The van der Waals surface area contributed by atoms with E-state index in [0.29, 0.717) is 19.4 Å². The molecule has 1 aliphatic heterocycles. The number of carbonyl (C=O) groups excluding carboxylic acids is 1. The zero-order chi connectivity index (χ0) is 26.3. The van der Waals surface area contributed by atoms with E-state index in [-0.39, 0.29) is 5.97 Å². The molecule has 6 nitrogen and oxygen atoms in total. The van der Waals surface area contributed by atoms with Gasteiger partial charge in [-0.3, -0.25) is 9.69 Å². The number of esters is 1. The van der Waals surface area contributed by atoms with E-state index in [1.165, 1.54) is 55.1 Å². The molecule has 0 spiro atoms. The van der Waals surface area contributed by atoms with Gasteiger partial charge in [-0.05, 0) is 85.9 Å². The highest BCUT2D eigenvalue weighted by Crippen LogP contribution is 2.31. The van der Waals surface area contributed by atoms with Gasteiger partial charge in [-0.15, -0.1) is 0 Å². The Kier molecular flexibility index (Phi) is 8.29. The van der Waals surface area contributed by atoms with Crippen LogP contribution < -0.4 is 9.47 Å². The van der Waals surface area contributed by atoms with Crippen molar-refractivity contribution in [2.45, 2.75) is 38.8 Å². The highest BCUT2D eigenvalue weighted by atomic mass is 16.5. The lowest BCUT2D eigenvalue weighted by Crippen LogP contribution is -2.18. The highest BCUT2D eigenvalue weighted by Gasteiger charge is 2.16. The van der Waals surface area contributed by atoms with Crippen molar-refractivity contribution in [3.63, 3.8) is 0 Å². The van der Waals surface area contributed by atoms with Crippen LogP contribution in [0, 0.1) is 0 Å². The first kappa shape index (κ1) is 25.9. The second-order valence-electron chi connectivity index (χ2n) is 9.86. The van der Waals surface area contributed by atoms with E-state index < -0.39 is 0 Å². The summed E-state index contributed by atoms with van der Waals surface area (Å²) in [5.74, 6) is 1.54. The van der Waals surface area contributed by atoms with Crippen molar-refractivity contribution in [1.82, 2.24) is 9.47 Å². The molecule has 0 amide bonds. The van der Waals surface area contributed by atoms with E-state index in [1.54, 1.807) is 7.11 Å². The maximum absolute atomic E-state index is 11.3. The highest BCUT2D eigenvalue weighted by molar-refractivity contribution is 5.87. The van der Waals surface area contributed by atoms with Crippen LogP contribution in [0.5, 0.6) is 11.5 Å². The van der Waals surface area contributed by atoms with Crippen LogP contribution in [0.1, 0.15) is 36.8 Å². The molecule has 3 aromatic carbocycles. The summed E-state index contributed by atoms with van der Waals surface area (Å²) in [6.07, 6.45) is 3.56. The van der Waals surface area contributed by atoms with E-state index in [2.05, 4.69) is 74.9 Å². The average Bonchev–Trinajstić information content (AvgIpc) is 3.60. The van der Waals surface area contributed by atoms with E-state index in [4.69, 9.17) is 9.47 Å². The monoisotopic (exact) mass is 512 g/mol. The molecule has 5 rings (SSSR count). The number of rotatable bonds is 11.